The zero-order valence-corrected chi connectivity index (χ0v) is 20.7. The quantitative estimate of drug-likeness (QED) is 0.227. The van der Waals surface area contributed by atoms with E-state index in [-0.39, 0.29) is 17.8 Å². The van der Waals surface area contributed by atoms with Gasteiger partial charge in [0, 0.05) is 37.7 Å². The second-order valence-corrected chi connectivity index (χ2v) is 9.45. The Morgan fingerprint density at radius 1 is 1.17 bits per heavy atom. The number of rotatable bonds is 11. The number of aromatic nitrogens is 4. The number of hydrogen-bond donors (Lipinski definition) is 2. The van der Waals surface area contributed by atoms with Crippen molar-refractivity contribution in [2.24, 2.45) is 5.73 Å². The average Bonchev–Trinajstić information content (AvgIpc) is 3.51. The van der Waals surface area contributed by atoms with E-state index in [0.29, 0.717) is 58.0 Å². The topological polar surface area (TPSA) is 134 Å². The summed E-state index contributed by atoms with van der Waals surface area (Å²) in [5.74, 6) is 0.468. The molecule has 2 amide bonds. The van der Waals surface area contributed by atoms with Crippen molar-refractivity contribution in [2.45, 2.75) is 19.3 Å². The number of thiophene rings is 1. The molecule has 0 bridgehead atoms. The van der Waals surface area contributed by atoms with Crippen LogP contribution in [0.4, 0.5) is 4.79 Å². The molecular weight excluding hydrogens is 504 g/mol. The number of ketones is 1. The van der Waals surface area contributed by atoms with E-state index in [0.717, 1.165) is 0 Å². The first-order valence-corrected chi connectivity index (χ1v) is 12.3. The summed E-state index contributed by atoms with van der Waals surface area (Å²) in [5.41, 5.74) is 6.79. The molecule has 186 valence electrons. The minimum Gasteiger partial charge on any atom is -0.491 e. The highest BCUT2D eigenvalue weighted by molar-refractivity contribution is 7.18. The Balaban J connectivity index is 1.52. The van der Waals surface area contributed by atoms with Crippen molar-refractivity contribution in [3.63, 3.8) is 0 Å². The van der Waals surface area contributed by atoms with E-state index in [9.17, 15) is 14.4 Å². The van der Waals surface area contributed by atoms with Crippen LogP contribution in [-0.2, 0) is 6.42 Å². The van der Waals surface area contributed by atoms with Gasteiger partial charge in [-0.25, -0.2) is 9.48 Å². The average molecular weight is 527 g/mol. The van der Waals surface area contributed by atoms with Crippen molar-refractivity contribution in [3.8, 4) is 17.1 Å². The molecule has 0 unspecified atom stereocenters. The van der Waals surface area contributed by atoms with E-state index in [1.54, 1.807) is 59.5 Å². The van der Waals surface area contributed by atoms with E-state index >= 15 is 0 Å². The fraction of sp³-hybridized carbons (Fsp3) is 0.208. The van der Waals surface area contributed by atoms with Crippen LogP contribution in [0.5, 0.6) is 5.75 Å². The second-order valence-electron chi connectivity index (χ2n) is 7.74. The number of carbonyl (C=O) groups excluding carboxylic acids is 2. The predicted octanol–water partition coefficient (Wildman–Crippen LogP) is 3.39. The van der Waals surface area contributed by atoms with Crippen LogP contribution in [-0.4, -0.2) is 44.5 Å². The Morgan fingerprint density at radius 3 is 2.78 bits per heavy atom. The SMILES string of the molecule is NC(=O)NCCCOc1cc(-n2ccccc2=O)ccc1-n1cc(CCC(=O)c2ccc(Cl)s2)nn1. The Bertz CT molecular complexity index is 1430. The largest absolute Gasteiger partial charge is 0.491 e. The highest BCUT2D eigenvalue weighted by atomic mass is 35.5. The minimum absolute atomic E-state index is 0.00676. The molecule has 3 aromatic heterocycles. The number of aryl methyl sites for hydroxylation is 1. The third kappa shape index (κ3) is 6.37. The Labute approximate surface area is 215 Å². The van der Waals surface area contributed by atoms with Gasteiger partial charge in [-0.1, -0.05) is 22.9 Å². The van der Waals surface area contributed by atoms with Gasteiger partial charge in [0.15, 0.2) is 5.78 Å². The molecule has 4 rings (SSSR count). The van der Waals surface area contributed by atoms with Crippen LogP contribution >= 0.6 is 22.9 Å². The number of hydrogen-bond acceptors (Lipinski definition) is 7. The van der Waals surface area contributed by atoms with Crippen LogP contribution < -0.4 is 21.3 Å². The highest BCUT2D eigenvalue weighted by Gasteiger charge is 2.14. The fourth-order valence-corrected chi connectivity index (χ4v) is 4.43. The van der Waals surface area contributed by atoms with Crippen LogP contribution in [0.25, 0.3) is 11.4 Å². The lowest BCUT2D eigenvalue weighted by atomic mass is 10.1. The van der Waals surface area contributed by atoms with Crippen molar-refractivity contribution < 1.29 is 14.3 Å². The monoisotopic (exact) mass is 526 g/mol. The summed E-state index contributed by atoms with van der Waals surface area (Å²) in [5, 5.41) is 10.9. The van der Waals surface area contributed by atoms with Gasteiger partial charge < -0.3 is 15.8 Å². The number of urea groups is 1. The van der Waals surface area contributed by atoms with Crippen molar-refractivity contribution in [2.75, 3.05) is 13.2 Å². The number of pyridine rings is 1. The third-order valence-corrected chi connectivity index (χ3v) is 6.44. The number of primary amides is 1. The molecule has 12 heteroatoms. The lowest BCUT2D eigenvalue weighted by Crippen LogP contribution is -2.30. The zero-order valence-electron chi connectivity index (χ0n) is 19.1. The maximum Gasteiger partial charge on any atom is 0.312 e. The maximum absolute atomic E-state index is 12.4. The molecule has 0 radical (unpaired) electrons. The van der Waals surface area contributed by atoms with Gasteiger partial charge in [0.05, 0.1) is 33.4 Å². The van der Waals surface area contributed by atoms with Crippen LogP contribution in [0.3, 0.4) is 0 Å². The second kappa shape index (κ2) is 11.6. The first-order valence-electron chi connectivity index (χ1n) is 11.1. The van der Waals surface area contributed by atoms with Crippen molar-refractivity contribution in [1.82, 2.24) is 24.9 Å². The maximum atomic E-state index is 12.4. The van der Waals surface area contributed by atoms with Gasteiger partial charge >= 0.3 is 6.03 Å². The molecule has 0 aliphatic rings. The summed E-state index contributed by atoms with van der Waals surface area (Å²) in [4.78, 5) is 36.2. The molecule has 0 aliphatic carbocycles. The molecule has 0 saturated carbocycles. The minimum atomic E-state index is -0.600. The Morgan fingerprint density at radius 2 is 2.03 bits per heavy atom. The zero-order chi connectivity index (χ0) is 25.5. The van der Waals surface area contributed by atoms with Gasteiger partial charge in [-0.2, -0.15) is 0 Å². The number of halogens is 1. The fourth-order valence-electron chi connectivity index (χ4n) is 3.42. The normalized spacial score (nSPS) is 10.8. The smallest absolute Gasteiger partial charge is 0.312 e. The molecular formula is C24H23ClN6O4S. The van der Waals surface area contributed by atoms with Crippen molar-refractivity contribution in [3.05, 3.63) is 86.2 Å². The summed E-state index contributed by atoms with van der Waals surface area (Å²) in [6, 6.07) is 13.0. The number of nitrogens with two attached hydrogens (primary N) is 1. The van der Waals surface area contributed by atoms with Crippen LogP contribution in [0.2, 0.25) is 4.34 Å². The molecule has 1 aromatic carbocycles. The van der Waals surface area contributed by atoms with Crippen LogP contribution in [0, 0.1) is 0 Å². The summed E-state index contributed by atoms with van der Waals surface area (Å²) in [6.07, 6.45) is 4.63. The van der Waals surface area contributed by atoms with Gasteiger partial charge in [0.2, 0.25) is 0 Å². The molecule has 36 heavy (non-hydrogen) atoms. The number of nitrogens with zero attached hydrogens (tertiary/aromatic N) is 4. The number of carbonyl (C=O) groups is 2. The van der Waals surface area contributed by atoms with Gasteiger partial charge in [-0.3, -0.25) is 14.2 Å². The molecule has 0 fully saturated rings. The predicted molar refractivity (Wildman–Crippen MR) is 137 cm³/mol. The highest BCUT2D eigenvalue weighted by Crippen LogP contribution is 2.26. The van der Waals surface area contributed by atoms with Crippen LogP contribution in [0.1, 0.15) is 28.2 Å². The van der Waals surface area contributed by atoms with Crippen molar-refractivity contribution in [1.29, 1.82) is 0 Å². The summed E-state index contributed by atoms with van der Waals surface area (Å²) < 4.78 is 9.62. The molecule has 0 saturated heterocycles. The van der Waals surface area contributed by atoms with Gasteiger partial charge in [0.1, 0.15) is 11.4 Å². The van der Waals surface area contributed by atoms with Gasteiger partial charge in [0.25, 0.3) is 5.56 Å². The van der Waals surface area contributed by atoms with Crippen LogP contribution in [0.15, 0.2) is 65.7 Å². The molecule has 0 atom stereocenters. The molecule has 3 N–H and O–H groups in total. The van der Waals surface area contributed by atoms with Gasteiger partial charge in [-0.05, 0) is 36.8 Å². The molecule has 0 spiro atoms. The standard InChI is InChI=1S/C24H23ClN6O4S/c25-22-10-9-21(36-22)19(32)8-5-16-15-31(29-28-16)18-7-6-17(30-12-2-1-4-23(30)33)14-20(18)35-13-3-11-27-24(26)34/h1-2,4,6-7,9-10,12,14-15H,3,5,8,11,13H2,(H3,26,27,34). The van der Waals surface area contributed by atoms with E-state index in [1.807, 2.05) is 0 Å². The van der Waals surface area contributed by atoms with Gasteiger partial charge in [-0.15, -0.1) is 16.4 Å². The summed E-state index contributed by atoms with van der Waals surface area (Å²) in [6.45, 7) is 0.652. The number of Topliss-reactive ketones (excluding diaryl/α,β-unsaturated/α-hetero) is 1. The number of benzene rings is 1. The molecule has 0 aliphatic heterocycles. The third-order valence-electron chi connectivity index (χ3n) is 5.17. The molecule has 10 nitrogen and oxygen atoms in total. The Hall–Kier alpha value is -3.96. The Kier molecular flexibility index (Phi) is 8.13. The summed E-state index contributed by atoms with van der Waals surface area (Å²) in [7, 11) is 0. The lowest BCUT2D eigenvalue weighted by Gasteiger charge is -2.14. The van der Waals surface area contributed by atoms with E-state index < -0.39 is 6.03 Å². The number of ether oxygens (including phenoxy) is 1. The number of amides is 2. The number of nitrogens with one attached hydrogen (secondary N) is 1. The van der Waals surface area contributed by atoms with E-state index in [2.05, 4.69) is 15.6 Å². The molecule has 4 aromatic rings. The first kappa shape index (κ1) is 25.1. The molecule has 3 heterocycles. The van der Waals surface area contributed by atoms with Crippen molar-refractivity contribution >= 4 is 34.8 Å². The summed E-state index contributed by atoms with van der Waals surface area (Å²) >= 11 is 7.17. The van der Waals surface area contributed by atoms with E-state index in [4.69, 9.17) is 22.1 Å². The first-order chi connectivity index (χ1) is 17.4. The lowest BCUT2D eigenvalue weighted by molar-refractivity contribution is 0.0986. The van der Waals surface area contributed by atoms with E-state index in [1.165, 1.54) is 22.0 Å².